The molecule has 0 spiro atoms. The van der Waals surface area contributed by atoms with Gasteiger partial charge >= 0.3 is 60.7 Å². The first-order valence-corrected chi connectivity index (χ1v) is 31.7. The Morgan fingerprint density at radius 2 is 0.583 bits per heavy atom. The molecule has 0 aromatic rings. The molecule has 288 valence electrons. The van der Waals surface area contributed by atoms with Crippen molar-refractivity contribution >= 4 is 60.7 Å². The zero-order chi connectivity index (χ0) is 37.0. The van der Waals surface area contributed by atoms with Gasteiger partial charge in [-0.25, -0.2) is 0 Å². The van der Waals surface area contributed by atoms with Crippen molar-refractivity contribution in [2.45, 2.75) is 80.9 Å². The lowest BCUT2D eigenvalue weighted by atomic mass is 10.4. The minimum absolute atomic E-state index is 0.340. The summed E-state index contributed by atoms with van der Waals surface area (Å²) in [5, 5.41) is 0. The van der Waals surface area contributed by atoms with Crippen molar-refractivity contribution in [3.05, 3.63) is 0 Å². The summed E-state index contributed by atoms with van der Waals surface area (Å²) in [4.78, 5) is 0. The fourth-order valence-electron chi connectivity index (χ4n) is 6.06. The lowest BCUT2D eigenvalue weighted by Crippen LogP contribution is -2.68. The van der Waals surface area contributed by atoms with Gasteiger partial charge in [-0.1, -0.05) is 0 Å². The van der Waals surface area contributed by atoms with Crippen molar-refractivity contribution < 1.29 is 70.5 Å². The van der Waals surface area contributed by atoms with Gasteiger partial charge < -0.3 is 70.5 Å². The van der Waals surface area contributed by atoms with E-state index in [-0.39, 0.29) is 0 Å². The third-order valence-corrected chi connectivity index (χ3v) is 37.1. The van der Waals surface area contributed by atoms with E-state index in [0.29, 0.717) is 48.7 Å². The molecular formula is C25H64O16Si7. The van der Waals surface area contributed by atoms with E-state index >= 15 is 0 Å². The van der Waals surface area contributed by atoms with Crippen molar-refractivity contribution in [3.8, 4) is 0 Å². The van der Waals surface area contributed by atoms with E-state index in [1.807, 2.05) is 26.2 Å². The first-order chi connectivity index (χ1) is 22.4. The van der Waals surface area contributed by atoms with Gasteiger partial charge in [0.25, 0.3) is 5.97 Å². The van der Waals surface area contributed by atoms with E-state index in [9.17, 15) is 0 Å². The van der Waals surface area contributed by atoms with Gasteiger partial charge in [-0.15, -0.1) is 0 Å². The highest BCUT2D eigenvalue weighted by atomic mass is 28.5. The second kappa shape index (κ2) is 19.8. The Kier molecular flexibility index (Phi) is 19.4. The van der Waals surface area contributed by atoms with Crippen LogP contribution < -0.4 is 0 Å². The van der Waals surface area contributed by atoms with Gasteiger partial charge in [-0.3, -0.25) is 0 Å². The van der Waals surface area contributed by atoms with Gasteiger partial charge in [0, 0.05) is 110 Å². The zero-order valence-corrected chi connectivity index (χ0v) is 39.2. The Morgan fingerprint density at radius 3 is 0.771 bits per heavy atom. The summed E-state index contributed by atoms with van der Waals surface area (Å²) in [6, 6.07) is 3.38. The molecule has 1 rings (SSSR count). The summed E-state index contributed by atoms with van der Waals surface area (Å²) in [5.74, 6) is -1.28. The van der Waals surface area contributed by atoms with Gasteiger partial charge in [0.05, 0.1) is 0 Å². The SMILES string of the molecule is COC(CC[Si]1(C)O[Si](C)(CC[Si](OC)(OC)OC)O[Si](C)(CC[Si](OC)(OC)OC)O[Si](C)(CC[Si](OC)(OC)OC)O1)(OC)OC. The Hall–Kier alpha value is 0.878. The summed E-state index contributed by atoms with van der Waals surface area (Å²) < 4.78 is 98.1. The molecule has 2 atom stereocenters. The first-order valence-electron chi connectivity index (χ1n) is 15.8. The lowest BCUT2D eigenvalue weighted by molar-refractivity contribution is -0.353. The predicted molar refractivity (Wildman–Crippen MR) is 193 cm³/mol. The normalized spacial score (nSPS) is 28.0. The molecule has 0 bridgehead atoms. The van der Waals surface area contributed by atoms with Crippen LogP contribution in [0.5, 0.6) is 0 Å². The Balaban J connectivity index is 3.80. The van der Waals surface area contributed by atoms with Gasteiger partial charge in [0.15, 0.2) is 0 Å². The van der Waals surface area contributed by atoms with Crippen LogP contribution in [0.3, 0.4) is 0 Å². The second-order valence-corrected chi connectivity index (χ2v) is 35.7. The van der Waals surface area contributed by atoms with Crippen LogP contribution in [0, 0.1) is 0 Å². The molecule has 1 fully saturated rings. The maximum absolute atomic E-state index is 7.29. The molecule has 1 saturated heterocycles. The average molecular weight is 817 g/mol. The van der Waals surface area contributed by atoms with Gasteiger partial charge in [0.2, 0.25) is 0 Å². The molecule has 48 heavy (non-hydrogen) atoms. The molecule has 23 heteroatoms. The largest absolute Gasteiger partial charge is 0.500 e. The zero-order valence-electron chi connectivity index (χ0n) is 32.2. The van der Waals surface area contributed by atoms with E-state index in [0.717, 1.165) is 0 Å². The second-order valence-electron chi connectivity index (χ2n) is 12.1. The Bertz CT molecular complexity index is 740. The first kappa shape index (κ1) is 46.9. The number of hydrogen-bond acceptors (Lipinski definition) is 16. The van der Waals surface area contributed by atoms with Crippen LogP contribution in [-0.2, 0) is 70.5 Å². The average Bonchev–Trinajstić information content (AvgIpc) is 3.07. The number of ether oxygens (including phenoxy) is 3. The van der Waals surface area contributed by atoms with Crippen molar-refractivity contribution in [2.75, 3.05) is 85.3 Å². The molecule has 1 aliphatic rings. The fourth-order valence-corrected chi connectivity index (χ4v) is 39.3. The highest BCUT2D eigenvalue weighted by molar-refractivity contribution is 6.94. The maximum Gasteiger partial charge on any atom is 0.500 e. The quantitative estimate of drug-likeness (QED) is 0.102. The monoisotopic (exact) mass is 816 g/mol. The minimum Gasteiger partial charge on any atom is -0.416 e. The van der Waals surface area contributed by atoms with E-state index < -0.39 is 66.6 Å². The molecule has 2 unspecified atom stereocenters. The van der Waals surface area contributed by atoms with Crippen LogP contribution in [0.4, 0.5) is 0 Å². The van der Waals surface area contributed by atoms with Gasteiger partial charge in [-0.2, -0.15) is 0 Å². The number of rotatable bonds is 24. The van der Waals surface area contributed by atoms with Gasteiger partial charge in [-0.05, 0) is 50.4 Å². The van der Waals surface area contributed by atoms with Crippen molar-refractivity contribution in [1.82, 2.24) is 0 Å². The smallest absolute Gasteiger partial charge is 0.416 e. The molecule has 16 nitrogen and oxygen atoms in total. The van der Waals surface area contributed by atoms with Gasteiger partial charge in [0.1, 0.15) is 0 Å². The molecule has 1 heterocycles. The van der Waals surface area contributed by atoms with Crippen molar-refractivity contribution in [1.29, 1.82) is 0 Å². The molecular weight excluding hydrogens is 753 g/mol. The lowest BCUT2D eigenvalue weighted by Gasteiger charge is -2.51. The van der Waals surface area contributed by atoms with Crippen LogP contribution in [0.15, 0.2) is 0 Å². The van der Waals surface area contributed by atoms with Crippen LogP contribution in [0.25, 0.3) is 0 Å². The molecule has 0 aliphatic carbocycles. The van der Waals surface area contributed by atoms with Crippen LogP contribution in [-0.4, -0.2) is 152 Å². The third kappa shape index (κ3) is 12.5. The molecule has 0 amide bonds. The molecule has 0 N–H and O–H groups in total. The van der Waals surface area contributed by atoms with Crippen molar-refractivity contribution in [2.24, 2.45) is 0 Å². The topological polar surface area (TPSA) is 148 Å². The van der Waals surface area contributed by atoms with E-state index in [1.54, 1.807) is 64.0 Å². The standard InChI is InChI=1S/C25H64O16Si7/c1-26-25(27-2,28-3)17-18-42(13)38-43(14,19-22-46(29-4,30-5)31-6)40-45(16,21-24-48(35-10,36-11)37-12)41-44(15,39-42)20-23-47(32-7,33-8)34-9/h17-24H2,1-16H3. The molecule has 0 aromatic carbocycles. The third-order valence-electron chi connectivity index (χ3n) is 9.00. The Morgan fingerprint density at radius 1 is 0.375 bits per heavy atom. The summed E-state index contributed by atoms with van der Waals surface area (Å²) in [6.07, 6.45) is 0.340. The van der Waals surface area contributed by atoms with E-state index in [2.05, 4.69) is 0 Å². The van der Waals surface area contributed by atoms with Crippen LogP contribution in [0.2, 0.25) is 68.5 Å². The maximum atomic E-state index is 7.29. The molecule has 0 radical (unpaired) electrons. The number of methoxy groups -OCH3 is 3. The van der Waals surface area contributed by atoms with E-state index in [1.165, 1.54) is 21.3 Å². The van der Waals surface area contributed by atoms with Crippen LogP contribution >= 0.6 is 0 Å². The minimum atomic E-state index is -3.17. The highest BCUT2D eigenvalue weighted by Gasteiger charge is 2.60. The summed E-state index contributed by atoms with van der Waals surface area (Å²) in [5.41, 5.74) is 0. The van der Waals surface area contributed by atoms with Crippen LogP contribution in [0.1, 0.15) is 6.42 Å². The summed E-state index contributed by atoms with van der Waals surface area (Å²) >= 11 is 0. The molecule has 0 saturated carbocycles. The predicted octanol–water partition coefficient (Wildman–Crippen LogP) is 3.97. The van der Waals surface area contributed by atoms with Crippen molar-refractivity contribution in [3.63, 3.8) is 0 Å². The van der Waals surface area contributed by atoms with E-state index in [4.69, 9.17) is 70.5 Å². The molecule has 0 aromatic heterocycles. The highest BCUT2D eigenvalue weighted by Crippen LogP contribution is 2.42. The Labute approximate surface area is 296 Å². The number of hydrogen-bond donors (Lipinski definition) is 0. The summed E-state index contributed by atoms with van der Waals surface area (Å²) in [6.45, 7) is 8.17. The fraction of sp³-hybridized carbons (Fsp3) is 1.00. The molecule has 1 aliphatic heterocycles. The summed E-state index contributed by atoms with van der Waals surface area (Å²) in [7, 11) is -2.62.